The zero-order chi connectivity index (χ0) is 14.8. The van der Waals surface area contributed by atoms with Gasteiger partial charge in [0.2, 0.25) is 0 Å². The molecule has 1 aliphatic rings. The lowest BCUT2D eigenvalue weighted by atomic mass is 9.82. The van der Waals surface area contributed by atoms with Gasteiger partial charge in [-0.25, -0.2) is 0 Å². The van der Waals surface area contributed by atoms with Crippen LogP contribution in [-0.4, -0.2) is 30.5 Å². The van der Waals surface area contributed by atoms with E-state index >= 15 is 0 Å². The van der Waals surface area contributed by atoms with E-state index in [1.807, 2.05) is 18.2 Å². The zero-order valence-electron chi connectivity index (χ0n) is 12.4. The normalized spacial score (nSPS) is 26.8. The number of methoxy groups -OCH3 is 1. The van der Waals surface area contributed by atoms with Crippen molar-refractivity contribution in [2.45, 2.75) is 44.8 Å². The van der Waals surface area contributed by atoms with E-state index in [1.54, 1.807) is 7.11 Å². The van der Waals surface area contributed by atoms with Crippen molar-refractivity contribution < 1.29 is 14.6 Å². The Balaban J connectivity index is 2.15. The molecule has 20 heavy (non-hydrogen) atoms. The molecule has 0 radical (unpaired) electrons. The van der Waals surface area contributed by atoms with Gasteiger partial charge in [0, 0.05) is 23.9 Å². The van der Waals surface area contributed by atoms with Crippen LogP contribution >= 0.6 is 15.9 Å². The highest BCUT2D eigenvalue weighted by atomic mass is 79.9. The highest BCUT2D eigenvalue weighted by Gasteiger charge is 2.36. The maximum Gasteiger partial charge on any atom is 0.119 e. The molecule has 0 spiro atoms. The van der Waals surface area contributed by atoms with Gasteiger partial charge < -0.3 is 14.6 Å². The minimum Gasteiger partial charge on any atom is -0.497 e. The molecule has 2 rings (SSSR count). The van der Waals surface area contributed by atoms with Crippen LogP contribution in [0.1, 0.15) is 32.3 Å². The van der Waals surface area contributed by atoms with E-state index < -0.39 is 5.60 Å². The van der Waals surface area contributed by atoms with Crippen LogP contribution in [0.2, 0.25) is 0 Å². The van der Waals surface area contributed by atoms with Gasteiger partial charge in [0.05, 0.1) is 18.8 Å². The smallest absolute Gasteiger partial charge is 0.119 e. The molecule has 1 aromatic carbocycles. The topological polar surface area (TPSA) is 38.7 Å². The minimum absolute atomic E-state index is 0.137. The highest BCUT2D eigenvalue weighted by molar-refractivity contribution is 9.10. The number of rotatable bonds is 4. The van der Waals surface area contributed by atoms with E-state index in [0.717, 1.165) is 15.8 Å². The second-order valence-corrected chi connectivity index (χ2v) is 6.82. The van der Waals surface area contributed by atoms with Gasteiger partial charge in [0.15, 0.2) is 0 Å². The summed E-state index contributed by atoms with van der Waals surface area (Å²) in [6.07, 6.45) is 2.13. The van der Waals surface area contributed by atoms with E-state index in [0.29, 0.717) is 31.8 Å². The lowest BCUT2D eigenvalue weighted by Gasteiger charge is -2.39. The average Bonchev–Trinajstić information content (AvgIpc) is 2.41. The maximum atomic E-state index is 10.9. The lowest BCUT2D eigenvalue weighted by molar-refractivity contribution is -0.116. The Labute approximate surface area is 129 Å². The second-order valence-electron chi connectivity index (χ2n) is 5.97. The Bertz CT molecular complexity index is 461. The fraction of sp³-hybridized carbons (Fsp3) is 0.625. The molecule has 2 unspecified atom stereocenters. The molecule has 1 fully saturated rings. The summed E-state index contributed by atoms with van der Waals surface area (Å²) >= 11 is 3.56. The molecule has 1 aliphatic heterocycles. The minimum atomic E-state index is -0.692. The third-order valence-electron chi connectivity index (χ3n) is 4.00. The molecule has 0 aliphatic carbocycles. The van der Waals surface area contributed by atoms with E-state index in [2.05, 4.69) is 29.8 Å². The van der Waals surface area contributed by atoms with Gasteiger partial charge in [-0.1, -0.05) is 29.8 Å². The Hall–Kier alpha value is -0.580. The second kappa shape index (κ2) is 6.46. The van der Waals surface area contributed by atoms with Crippen molar-refractivity contribution in [2.24, 2.45) is 5.92 Å². The molecule has 0 saturated carbocycles. The van der Waals surface area contributed by atoms with E-state index in [9.17, 15) is 5.11 Å². The number of benzene rings is 1. The molecule has 0 bridgehead atoms. The molecule has 2 atom stereocenters. The SMILES string of the molecule is COc1ccc(Br)c(CC2(O)CCOC(C(C)C)C2)c1. The summed E-state index contributed by atoms with van der Waals surface area (Å²) in [7, 11) is 1.66. The molecule has 1 N–H and O–H groups in total. The first-order valence-electron chi connectivity index (χ1n) is 7.10. The van der Waals surface area contributed by atoms with Crippen LogP contribution in [0.4, 0.5) is 0 Å². The Morgan fingerprint density at radius 3 is 2.90 bits per heavy atom. The summed E-state index contributed by atoms with van der Waals surface area (Å²) < 4.78 is 12.0. The van der Waals surface area contributed by atoms with Crippen LogP contribution < -0.4 is 4.74 Å². The van der Waals surface area contributed by atoms with Crippen molar-refractivity contribution >= 4 is 15.9 Å². The van der Waals surface area contributed by atoms with E-state index in [4.69, 9.17) is 9.47 Å². The number of hydrogen-bond acceptors (Lipinski definition) is 3. The standard InChI is InChI=1S/C16H23BrO3/c1-11(2)15-10-16(18,6-7-20-15)9-12-8-13(19-3)4-5-14(12)17/h4-5,8,11,15,18H,6-7,9-10H2,1-3H3. The van der Waals surface area contributed by atoms with Crippen LogP contribution in [0, 0.1) is 5.92 Å². The van der Waals surface area contributed by atoms with Crippen LogP contribution in [0.3, 0.4) is 0 Å². The van der Waals surface area contributed by atoms with Gasteiger partial charge in [-0.15, -0.1) is 0 Å². The van der Waals surface area contributed by atoms with Gasteiger partial charge >= 0.3 is 0 Å². The third kappa shape index (κ3) is 3.74. The maximum absolute atomic E-state index is 10.9. The molecule has 4 heteroatoms. The summed E-state index contributed by atoms with van der Waals surface area (Å²) in [4.78, 5) is 0. The first kappa shape index (κ1) is 15.8. The van der Waals surface area contributed by atoms with Crippen LogP contribution in [0.5, 0.6) is 5.75 Å². The summed E-state index contributed by atoms with van der Waals surface area (Å²) in [6, 6.07) is 5.87. The number of aliphatic hydroxyl groups is 1. The summed E-state index contributed by atoms with van der Waals surface area (Å²) in [5, 5.41) is 10.9. The quantitative estimate of drug-likeness (QED) is 0.908. The van der Waals surface area contributed by atoms with Crippen molar-refractivity contribution in [3.63, 3.8) is 0 Å². The van der Waals surface area contributed by atoms with Crippen LogP contribution in [0.25, 0.3) is 0 Å². The van der Waals surface area contributed by atoms with E-state index in [-0.39, 0.29) is 6.10 Å². The molecule has 3 nitrogen and oxygen atoms in total. The van der Waals surface area contributed by atoms with Crippen LogP contribution in [0.15, 0.2) is 22.7 Å². The number of halogens is 1. The Kier molecular flexibility index (Phi) is 5.10. The van der Waals surface area contributed by atoms with Crippen molar-refractivity contribution in [2.75, 3.05) is 13.7 Å². The highest BCUT2D eigenvalue weighted by Crippen LogP contribution is 2.34. The number of ether oxygens (including phenoxy) is 2. The van der Waals surface area contributed by atoms with Gasteiger partial charge in [0.1, 0.15) is 5.75 Å². The molecule has 1 aromatic rings. The fourth-order valence-electron chi connectivity index (χ4n) is 2.69. The van der Waals surface area contributed by atoms with E-state index in [1.165, 1.54) is 0 Å². The van der Waals surface area contributed by atoms with Gasteiger partial charge in [0.25, 0.3) is 0 Å². The molecule has 1 heterocycles. The molecule has 0 amide bonds. The molecule has 0 aromatic heterocycles. The molecular weight excluding hydrogens is 320 g/mol. The molecule has 112 valence electrons. The summed E-state index contributed by atoms with van der Waals surface area (Å²) in [5.74, 6) is 1.25. The fourth-order valence-corrected chi connectivity index (χ4v) is 3.08. The lowest BCUT2D eigenvalue weighted by Crippen LogP contribution is -2.44. The molecular formula is C16H23BrO3. The average molecular weight is 343 g/mol. The van der Waals surface area contributed by atoms with Crippen molar-refractivity contribution in [1.29, 1.82) is 0 Å². The molecule has 1 saturated heterocycles. The van der Waals surface area contributed by atoms with Gasteiger partial charge in [-0.05, 0) is 36.1 Å². The summed E-state index contributed by atoms with van der Waals surface area (Å²) in [6.45, 7) is 4.90. The first-order chi connectivity index (χ1) is 9.43. The van der Waals surface area contributed by atoms with Crippen molar-refractivity contribution in [1.82, 2.24) is 0 Å². The van der Waals surface area contributed by atoms with Crippen molar-refractivity contribution in [3.8, 4) is 5.75 Å². The predicted octanol–water partition coefficient (Wildman–Crippen LogP) is 3.57. The van der Waals surface area contributed by atoms with Gasteiger partial charge in [-0.2, -0.15) is 0 Å². The van der Waals surface area contributed by atoms with Gasteiger partial charge in [-0.3, -0.25) is 0 Å². The Morgan fingerprint density at radius 1 is 1.50 bits per heavy atom. The first-order valence-corrected chi connectivity index (χ1v) is 7.89. The predicted molar refractivity (Wildman–Crippen MR) is 83.2 cm³/mol. The number of hydrogen-bond donors (Lipinski definition) is 1. The summed E-state index contributed by atoms with van der Waals surface area (Å²) in [5.41, 5.74) is 0.387. The monoisotopic (exact) mass is 342 g/mol. The Morgan fingerprint density at radius 2 is 2.25 bits per heavy atom. The zero-order valence-corrected chi connectivity index (χ0v) is 13.9. The van der Waals surface area contributed by atoms with Crippen LogP contribution in [-0.2, 0) is 11.2 Å². The largest absolute Gasteiger partial charge is 0.497 e. The van der Waals surface area contributed by atoms with Crippen molar-refractivity contribution in [3.05, 3.63) is 28.2 Å². The third-order valence-corrected chi connectivity index (χ3v) is 4.77.